The van der Waals surface area contributed by atoms with Gasteiger partial charge in [0.15, 0.2) is 4.32 Å². The van der Waals surface area contributed by atoms with Gasteiger partial charge >= 0.3 is 0 Å². The number of hydrazine groups is 1. The van der Waals surface area contributed by atoms with Crippen molar-refractivity contribution in [2.45, 2.75) is 6.92 Å². The van der Waals surface area contributed by atoms with Crippen molar-refractivity contribution in [2.75, 3.05) is 0 Å². The number of carbonyl (C=O) groups is 2. The van der Waals surface area contributed by atoms with E-state index in [4.69, 9.17) is 12.2 Å². The highest BCUT2D eigenvalue weighted by atomic mass is 32.2. The van der Waals surface area contributed by atoms with Gasteiger partial charge in [0.1, 0.15) is 0 Å². The molecule has 0 spiro atoms. The highest BCUT2D eigenvalue weighted by Gasteiger charge is 2.33. The fourth-order valence-electron chi connectivity index (χ4n) is 2.03. The van der Waals surface area contributed by atoms with Gasteiger partial charge in [-0.05, 0) is 49.5 Å². The van der Waals surface area contributed by atoms with Crippen LogP contribution in [-0.4, -0.2) is 26.1 Å². The molecule has 1 N–H and O–H groups in total. The summed E-state index contributed by atoms with van der Waals surface area (Å²) in [6.07, 6.45) is 3.29. The summed E-state index contributed by atoms with van der Waals surface area (Å²) in [6.45, 7) is 1.94. The number of thioether (sulfide) groups is 1. The number of hydrogen-bond acceptors (Lipinski definition) is 5. The maximum absolute atomic E-state index is 12.4. The SMILES string of the molecule is Cc1ccc(C(=O)NN2C(=O)/C(=C/c3ccccn3)SC2=S)cc1. The van der Waals surface area contributed by atoms with E-state index in [1.165, 1.54) is 0 Å². The predicted molar refractivity (Wildman–Crippen MR) is 97.9 cm³/mol. The first-order valence-electron chi connectivity index (χ1n) is 7.11. The van der Waals surface area contributed by atoms with Crippen molar-refractivity contribution in [3.05, 3.63) is 70.4 Å². The van der Waals surface area contributed by atoms with Crippen molar-refractivity contribution in [1.82, 2.24) is 15.4 Å². The summed E-state index contributed by atoms with van der Waals surface area (Å²) in [6, 6.07) is 12.5. The van der Waals surface area contributed by atoms with Gasteiger partial charge in [-0.3, -0.25) is 20.0 Å². The minimum atomic E-state index is -0.384. The summed E-state index contributed by atoms with van der Waals surface area (Å²) in [5.74, 6) is -0.749. The molecule has 2 amide bonds. The van der Waals surface area contributed by atoms with Crippen LogP contribution < -0.4 is 5.43 Å². The van der Waals surface area contributed by atoms with Crippen molar-refractivity contribution in [2.24, 2.45) is 0 Å². The third-order valence-electron chi connectivity index (χ3n) is 3.29. The molecule has 0 atom stereocenters. The lowest BCUT2D eigenvalue weighted by atomic mass is 10.1. The van der Waals surface area contributed by atoms with Gasteiger partial charge in [-0.25, -0.2) is 0 Å². The van der Waals surface area contributed by atoms with Gasteiger partial charge in [0.2, 0.25) is 0 Å². The molecule has 1 aromatic heterocycles. The molecular formula is C17H13N3O2S2. The number of thiocarbonyl (C=S) groups is 1. The maximum atomic E-state index is 12.4. The summed E-state index contributed by atoms with van der Waals surface area (Å²) in [4.78, 5) is 29.3. The van der Waals surface area contributed by atoms with Crippen LogP contribution in [0.15, 0.2) is 53.6 Å². The number of nitrogens with zero attached hydrogens (tertiary/aromatic N) is 2. The summed E-state index contributed by atoms with van der Waals surface area (Å²) in [5.41, 5.74) is 4.72. The molecule has 2 aromatic rings. The molecule has 24 heavy (non-hydrogen) atoms. The normalized spacial score (nSPS) is 15.9. The summed E-state index contributed by atoms with van der Waals surface area (Å²) >= 11 is 6.32. The fraction of sp³-hybridized carbons (Fsp3) is 0.0588. The lowest BCUT2D eigenvalue weighted by molar-refractivity contribution is -0.123. The standard InChI is InChI=1S/C17H13N3O2S2/c1-11-5-7-12(8-6-11)15(21)19-20-16(22)14(24-17(20)23)10-13-4-2-3-9-18-13/h2-10H,1H3,(H,19,21)/b14-10-. The van der Waals surface area contributed by atoms with E-state index in [2.05, 4.69) is 10.4 Å². The number of amides is 2. The van der Waals surface area contributed by atoms with Crippen molar-refractivity contribution in [1.29, 1.82) is 0 Å². The van der Waals surface area contributed by atoms with Crippen LogP contribution in [0, 0.1) is 6.92 Å². The Bertz CT molecular complexity index is 833. The second-order valence-corrected chi connectivity index (χ2v) is 6.75. The minimum absolute atomic E-state index is 0.280. The van der Waals surface area contributed by atoms with Crippen LogP contribution in [0.3, 0.4) is 0 Å². The number of benzene rings is 1. The first-order chi connectivity index (χ1) is 11.5. The molecule has 120 valence electrons. The Morgan fingerprint density at radius 3 is 2.67 bits per heavy atom. The third-order valence-corrected chi connectivity index (χ3v) is 4.59. The topological polar surface area (TPSA) is 62.3 Å². The van der Waals surface area contributed by atoms with Crippen molar-refractivity contribution in [3.63, 3.8) is 0 Å². The van der Waals surface area contributed by atoms with Crippen LogP contribution in [0.4, 0.5) is 0 Å². The first kappa shape index (κ1) is 16.4. The highest BCUT2D eigenvalue weighted by molar-refractivity contribution is 8.26. The van der Waals surface area contributed by atoms with E-state index < -0.39 is 0 Å². The van der Waals surface area contributed by atoms with Gasteiger partial charge in [-0.15, -0.1) is 0 Å². The van der Waals surface area contributed by atoms with Gasteiger partial charge in [-0.2, -0.15) is 5.01 Å². The molecule has 1 fully saturated rings. The highest BCUT2D eigenvalue weighted by Crippen LogP contribution is 2.31. The summed E-state index contributed by atoms with van der Waals surface area (Å²) in [5, 5.41) is 1.09. The third kappa shape index (κ3) is 3.52. The molecule has 1 saturated heterocycles. The predicted octanol–water partition coefficient (Wildman–Crippen LogP) is 2.94. The van der Waals surface area contributed by atoms with Crippen LogP contribution in [0.5, 0.6) is 0 Å². The molecule has 0 aliphatic carbocycles. The molecule has 5 nitrogen and oxygen atoms in total. The van der Waals surface area contributed by atoms with E-state index in [0.29, 0.717) is 16.2 Å². The molecule has 3 rings (SSSR count). The Balaban J connectivity index is 1.76. The number of pyridine rings is 1. The van der Waals surface area contributed by atoms with Crippen molar-refractivity contribution >= 4 is 46.2 Å². The lowest BCUT2D eigenvalue weighted by Crippen LogP contribution is -2.44. The minimum Gasteiger partial charge on any atom is -0.267 e. The quantitative estimate of drug-likeness (QED) is 0.677. The molecule has 0 bridgehead atoms. The molecule has 0 unspecified atom stereocenters. The van der Waals surface area contributed by atoms with E-state index in [-0.39, 0.29) is 16.1 Å². The van der Waals surface area contributed by atoms with Crippen LogP contribution in [-0.2, 0) is 4.79 Å². The molecule has 1 aliphatic rings. The monoisotopic (exact) mass is 355 g/mol. The Kier molecular flexibility index (Phi) is 4.73. The average Bonchev–Trinajstić information content (AvgIpc) is 2.84. The van der Waals surface area contributed by atoms with Crippen molar-refractivity contribution in [3.8, 4) is 0 Å². The van der Waals surface area contributed by atoms with Gasteiger partial charge in [0, 0.05) is 11.8 Å². The van der Waals surface area contributed by atoms with E-state index in [9.17, 15) is 9.59 Å². The number of carbonyl (C=O) groups excluding carboxylic acids is 2. The Morgan fingerprint density at radius 1 is 1.25 bits per heavy atom. The Hall–Kier alpha value is -2.51. The number of hydrogen-bond donors (Lipinski definition) is 1. The van der Waals surface area contributed by atoms with E-state index >= 15 is 0 Å². The second-order valence-electron chi connectivity index (χ2n) is 5.08. The molecule has 7 heteroatoms. The van der Waals surface area contributed by atoms with E-state index in [1.54, 1.807) is 36.5 Å². The van der Waals surface area contributed by atoms with E-state index in [1.807, 2.05) is 25.1 Å². The van der Waals surface area contributed by atoms with Gasteiger partial charge in [0.25, 0.3) is 11.8 Å². The summed E-state index contributed by atoms with van der Waals surface area (Å²) < 4.78 is 0.280. The van der Waals surface area contributed by atoms with Crippen LogP contribution >= 0.6 is 24.0 Å². The van der Waals surface area contributed by atoms with Gasteiger partial charge in [-0.1, -0.05) is 35.5 Å². The number of aromatic nitrogens is 1. The zero-order valence-corrected chi connectivity index (χ0v) is 14.4. The molecule has 1 aromatic carbocycles. The second kappa shape index (κ2) is 6.94. The molecule has 0 radical (unpaired) electrons. The van der Waals surface area contributed by atoms with Crippen LogP contribution in [0.25, 0.3) is 6.08 Å². The van der Waals surface area contributed by atoms with Crippen molar-refractivity contribution < 1.29 is 9.59 Å². The number of rotatable bonds is 3. The number of nitrogens with one attached hydrogen (secondary N) is 1. The molecular weight excluding hydrogens is 342 g/mol. The largest absolute Gasteiger partial charge is 0.285 e. The smallest absolute Gasteiger partial charge is 0.267 e. The fourth-order valence-corrected chi connectivity index (χ4v) is 3.19. The molecule has 1 aliphatic heterocycles. The first-order valence-corrected chi connectivity index (χ1v) is 8.34. The van der Waals surface area contributed by atoms with Gasteiger partial charge in [0.05, 0.1) is 10.6 Å². The molecule has 2 heterocycles. The Morgan fingerprint density at radius 2 is 2.00 bits per heavy atom. The van der Waals surface area contributed by atoms with Crippen LogP contribution in [0.1, 0.15) is 21.6 Å². The zero-order chi connectivity index (χ0) is 17.1. The Labute approximate surface area is 148 Å². The van der Waals surface area contributed by atoms with Crippen LogP contribution in [0.2, 0.25) is 0 Å². The van der Waals surface area contributed by atoms with Gasteiger partial charge < -0.3 is 0 Å². The lowest BCUT2D eigenvalue weighted by Gasteiger charge is -2.15. The zero-order valence-electron chi connectivity index (χ0n) is 12.7. The average molecular weight is 355 g/mol. The summed E-state index contributed by atoms with van der Waals surface area (Å²) in [7, 11) is 0. The number of aryl methyl sites for hydroxylation is 1. The molecule has 0 saturated carbocycles. The van der Waals surface area contributed by atoms with E-state index in [0.717, 1.165) is 22.3 Å². The maximum Gasteiger partial charge on any atom is 0.285 e.